The third-order valence-corrected chi connectivity index (χ3v) is 2.61. The molecule has 84 valence electrons. The van der Waals surface area contributed by atoms with Gasteiger partial charge in [-0.1, -0.05) is 0 Å². The van der Waals surface area contributed by atoms with Gasteiger partial charge in [0.1, 0.15) is 5.69 Å². The number of nitrogens with two attached hydrogens (primary N) is 1. The molecule has 3 N–H and O–H groups in total. The number of hydrogen-bond donors (Lipinski definition) is 2. The van der Waals surface area contributed by atoms with Gasteiger partial charge in [-0.25, -0.2) is 4.98 Å². The lowest BCUT2D eigenvalue weighted by Gasteiger charge is -2.03. The summed E-state index contributed by atoms with van der Waals surface area (Å²) < 4.78 is 1.75. The molecule has 0 bridgehead atoms. The van der Waals surface area contributed by atoms with Crippen molar-refractivity contribution in [1.82, 2.24) is 20.1 Å². The van der Waals surface area contributed by atoms with E-state index in [1.54, 1.807) is 16.3 Å². The maximum absolute atomic E-state index is 11.5. The van der Waals surface area contributed by atoms with E-state index >= 15 is 0 Å². The second kappa shape index (κ2) is 4.75. The standard InChI is InChI=1S/C9H11N5OS/c10-9-13-7(6-16-9)8(15)11-3-5-14-4-1-2-12-14/h1-2,4,6H,3,5H2,(H2,10,13)(H,11,15). The second-order valence-corrected chi connectivity index (χ2v) is 3.99. The minimum Gasteiger partial charge on any atom is -0.375 e. The summed E-state index contributed by atoms with van der Waals surface area (Å²) in [5.41, 5.74) is 5.80. The highest BCUT2D eigenvalue weighted by Gasteiger charge is 2.08. The van der Waals surface area contributed by atoms with Gasteiger partial charge in [-0.3, -0.25) is 9.48 Å². The third kappa shape index (κ3) is 2.57. The first-order valence-corrected chi connectivity index (χ1v) is 5.60. The van der Waals surface area contributed by atoms with Crippen LogP contribution in [0.1, 0.15) is 10.5 Å². The molecule has 0 aliphatic rings. The highest BCUT2D eigenvalue weighted by Crippen LogP contribution is 2.10. The Morgan fingerprint density at radius 2 is 2.50 bits per heavy atom. The van der Waals surface area contributed by atoms with Crippen molar-refractivity contribution >= 4 is 22.4 Å². The second-order valence-electron chi connectivity index (χ2n) is 3.10. The van der Waals surface area contributed by atoms with Gasteiger partial charge in [0.05, 0.1) is 6.54 Å². The topological polar surface area (TPSA) is 85.8 Å². The summed E-state index contributed by atoms with van der Waals surface area (Å²) in [6.07, 6.45) is 3.54. The zero-order valence-electron chi connectivity index (χ0n) is 8.46. The van der Waals surface area contributed by atoms with Crippen molar-refractivity contribution in [2.24, 2.45) is 0 Å². The van der Waals surface area contributed by atoms with Crippen LogP contribution < -0.4 is 11.1 Å². The molecule has 2 heterocycles. The van der Waals surface area contributed by atoms with Crippen LogP contribution in [0.4, 0.5) is 5.13 Å². The number of nitrogens with zero attached hydrogens (tertiary/aromatic N) is 3. The largest absolute Gasteiger partial charge is 0.375 e. The minimum atomic E-state index is -0.208. The molecule has 0 saturated carbocycles. The number of anilines is 1. The lowest BCUT2D eigenvalue weighted by Crippen LogP contribution is -2.27. The predicted octanol–water partition coefficient (Wildman–Crippen LogP) is 0.352. The molecule has 0 saturated heterocycles. The smallest absolute Gasteiger partial charge is 0.270 e. The Morgan fingerprint density at radius 1 is 1.62 bits per heavy atom. The SMILES string of the molecule is Nc1nc(C(=O)NCCn2cccn2)cs1. The Bertz CT molecular complexity index is 464. The fourth-order valence-corrected chi connectivity index (χ4v) is 1.74. The van der Waals surface area contributed by atoms with Crippen LogP contribution in [-0.2, 0) is 6.54 Å². The first-order chi connectivity index (χ1) is 7.75. The molecule has 0 atom stereocenters. The summed E-state index contributed by atoms with van der Waals surface area (Å²) in [4.78, 5) is 15.4. The molecule has 0 spiro atoms. The number of nitrogen functional groups attached to an aromatic ring is 1. The Hall–Kier alpha value is -1.89. The van der Waals surface area contributed by atoms with E-state index in [1.165, 1.54) is 11.3 Å². The van der Waals surface area contributed by atoms with Gasteiger partial charge in [0.15, 0.2) is 5.13 Å². The summed E-state index contributed by atoms with van der Waals surface area (Å²) in [6, 6.07) is 1.84. The van der Waals surface area contributed by atoms with E-state index < -0.39 is 0 Å². The molecule has 2 rings (SSSR count). The van der Waals surface area contributed by atoms with Crippen LogP contribution in [-0.4, -0.2) is 27.2 Å². The van der Waals surface area contributed by atoms with Crippen molar-refractivity contribution in [3.05, 3.63) is 29.5 Å². The van der Waals surface area contributed by atoms with E-state index in [0.717, 1.165) is 0 Å². The number of carbonyl (C=O) groups is 1. The summed E-state index contributed by atoms with van der Waals surface area (Å²) >= 11 is 1.25. The monoisotopic (exact) mass is 237 g/mol. The van der Waals surface area contributed by atoms with Crippen LogP contribution in [0, 0.1) is 0 Å². The summed E-state index contributed by atoms with van der Waals surface area (Å²) in [7, 11) is 0. The van der Waals surface area contributed by atoms with Gasteiger partial charge in [-0.15, -0.1) is 11.3 Å². The molecular weight excluding hydrogens is 226 g/mol. The van der Waals surface area contributed by atoms with Crippen LogP contribution in [0.3, 0.4) is 0 Å². The fraction of sp³-hybridized carbons (Fsp3) is 0.222. The van der Waals surface area contributed by atoms with Gasteiger partial charge in [0.2, 0.25) is 0 Å². The number of nitrogens with one attached hydrogen (secondary N) is 1. The molecule has 2 aromatic rings. The fourth-order valence-electron chi connectivity index (χ4n) is 1.20. The van der Waals surface area contributed by atoms with Gasteiger partial charge in [-0.05, 0) is 6.07 Å². The molecule has 0 aromatic carbocycles. The number of amides is 1. The molecule has 0 aliphatic heterocycles. The van der Waals surface area contributed by atoms with E-state index in [2.05, 4.69) is 15.4 Å². The van der Waals surface area contributed by atoms with Gasteiger partial charge < -0.3 is 11.1 Å². The van der Waals surface area contributed by atoms with Crippen molar-refractivity contribution in [2.45, 2.75) is 6.54 Å². The number of hydrogen-bond acceptors (Lipinski definition) is 5. The Labute approximate surface area is 96.1 Å². The van der Waals surface area contributed by atoms with Crippen molar-refractivity contribution < 1.29 is 4.79 Å². The van der Waals surface area contributed by atoms with Crippen LogP contribution in [0.25, 0.3) is 0 Å². The minimum absolute atomic E-state index is 0.208. The third-order valence-electron chi connectivity index (χ3n) is 1.94. The van der Waals surface area contributed by atoms with Crippen molar-refractivity contribution in [2.75, 3.05) is 12.3 Å². The van der Waals surface area contributed by atoms with Crippen LogP contribution in [0.5, 0.6) is 0 Å². The predicted molar refractivity (Wildman–Crippen MR) is 61.1 cm³/mol. The molecule has 0 unspecified atom stereocenters. The van der Waals surface area contributed by atoms with Gasteiger partial charge >= 0.3 is 0 Å². The number of aromatic nitrogens is 3. The Kier molecular flexibility index (Phi) is 3.16. The van der Waals surface area contributed by atoms with E-state index in [-0.39, 0.29) is 5.91 Å². The molecular formula is C9H11N5OS. The Morgan fingerprint density at radius 3 is 3.12 bits per heavy atom. The van der Waals surface area contributed by atoms with Crippen LogP contribution >= 0.6 is 11.3 Å². The maximum atomic E-state index is 11.5. The normalized spacial score (nSPS) is 10.2. The molecule has 0 aliphatic carbocycles. The summed E-state index contributed by atoms with van der Waals surface area (Å²) in [5.74, 6) is -0.208. The van der Waals surface area contributed by atoms with E-state index in [9.17, 15) is 4.79 Å². The lowest BCUT2D eigenvalue weighted by atomic mass is 10.4. The quantitative estimate of drug-likeness (QED) is 0.803. The molecule has 7 heteroatoms. The van der Waals surface area contributed by atoms with Gasteiger partial charge in [0.25, 0.3) is 5.91 Å². The molecule has 6 nitrogen and oxygen atoms in total. The molecule has 16 heavy (non-hydrogen) atoms. The van der Waals surface area contributed by atoms with Crippen LogP contribution in [0.15, 0.2) is 23.8 Å². The van der Waals surface area contributed by atoms with Crippen molar-refractivity contribution in [3.8, 4) is 0 Å². The average molecular weight is 237 g/mol. The zero-order chi connectivity index (χ0) is 11.4. The molecule has 1 amide bonds. The molecule has 0 radical (unpaired) electrons. The zero-order valence-corrected chi connectivity index (χ0v) is 9.28. The Balaban J connectivity index is 1.80. The van der Waals surface area contributed by atoms with E-state index in [1.807, 2.05) is 12.3 Å². The van der Waals surface area contributed by atoms with Gasteiger partial charge in [0, 0.05) is 24.3 Å². The average Bonchev–Trinajstić information content (AvgIpc) is 2.89. The lowest BCUT2D eigenvalue weighted by molar-refractivity contribution is 0.0947. The van der Waals surface area contributed by atoms with E-state index in [0.29, 0.717) is 23.9 Å². The summed E-state index contributed by atoms with van der Waals surface area (Å²) in [6.45, 7) is 1.15. The molecule has 2 aromatic heterocycles. The van der Waals surface area contributed by atoms with Crippen molar-refractivity contribution in [3.63, 3.8) is 0 Å². The highest BCUT2D eigenvalue weighted by molar-refractivity contribution is 7.13. The van der Waals surface area contributed by atoms with E-state index in [4.69, 9.17) is 5.73 Å². The van der Waals surface area contributed by atoms with Gasteiger partial charge in [-0.2, -0.15) is 5.10 Å². The first-order valence-electron chi connectivity index (χ1n) is 4.72. The van der Waals surface area contributed by atoms with Crippen molar-refractivity contribution in [1.29, 1.82) is 0 Å². The number of carbonyl (C=O) groups excluding carboxylic acids is 1. The van der Waals surface area contributed by atoms with Crippen LogP contribution in [0.2, 0.25) is 0 Å². The summed E-state index contributed by atoms with van der Waals surface area (Å²) in [5, 5.41) is 8.80. The first kappa shape index (κ1) is 10.6. The number of thiazole rings is 1. The molecule has 0 fully saturated rings. The highest BCUT2D eigenvalue weighted by atomic mass is 32.1. The number of rotatable bonds is 4. The maximum Gasteiger partial charge on any atom is 0.270 e.